The second kappa shape index (κ2) is 3.87. The number of carbonyl (C=O) groups excluding carboxylic acids is 1. The zero-order valence-corrected chi connectivity index (χ0v) is 8.06. The molecule has 2 N–H and O–H groups in total. The molecule has 2 heterocycles. The standard InChI is InChI=1S/C9H9N5O/c1-6-2-3-7(4-10-6)8(15)13-9-11-5-12-14-9/h2-5H,1H3,(H2,11,12,13,14,15). The fraction of sp³-hybridized carbons (Fsp3) is 0.111. The number of pyridine rings is 1. The second-order valence-electron chi connectivity index (χ2n) is 2.98. The van der Waals surface area contributed by atoms with Crippen LogP contribution in [0.25, 0.3) is 0 Å². The molecule has 0 saturated heterocycles. The Morgan fingerprint density at radius 3 is 2.87 bits per heavy atom. The van der Waals surface area contributed by atoms with Crippen LogP contribution in [-0.4, -0.2) is 26.1 Å². The fourth-order valence-electron chi connectivity index (χ4n) is 1.05. The quantitative estimate of drug-likeness (QED) is 0.754. The smallest absolute Gasteiger partial charge is 0.259 e. The second-order valence-corrected chi connectivity index (χ2v) is 2.98. The van der Waals surface area contributed by atoms with E-state index in [1.807, 2.05) is 6.92 Å². The number of hydrogen-bond acceptors (Lipinski definition) is 4. The summed E-state index contributed by atoms with van der Waals surface area (Å²) in [6, 6.07) is 3.48. The maximum absolute atomic E-state index is 11.6. The van der Waals surface area contributed by atoms with Gasteiger partial charge in [-0.05, 0) is 19.1 Å². The lowest BCUT2D eigenvalue weighted by atomic mass is 10.2. The molecule has 0 aliphatic heterocycles. The van der Waals surface area contributed by atoms with E-state index in [-0.39, 0.29) is 5.91 Å². The van der Waals surface area contributed by atoms with Gasteiger partial charge in [0.15, 0.2) is 0 Å². The molecule has 15 heavy (non-hydrogen) atoms. The third kappa shape index (κ3) is 2.16. The van der Waals surface area contributed by atoms with E-state index in [1.54, 1.807) is 12.1 Å². The molecule has 0 spiro atoms. The molecule has 6 nitrogen and oxygen atoms in total. The van der Waals surface area contributed by atoms with Crippen molar-refractivity contribution < 1.29 is 4.79 Å². The first-order valence-corrected chi connectivity index (χ1v) is 4.35. The number of aromatic nitrogens is 4. The zero-order valence-electron chi connectivity index (χ0n) is 8.06. The summed E-state index contributed by atoms with van der Waals surface area (Å²) in [6.45, 7) is 1.86. The summed E-state index contributed by atoms with van der Waals surface area (Å²) < 4.78 is 0. The van der Waals surface area contributed by atoms with Gasteiger partial charge < -0.3 is 0 Å². The van der Waals surface area contributed by atoms with E-state index in [1.165, 1.54) is 12.5 Å². The van der Waals surface area contributed by atoms with Crippen molar-refractivity contribution in [2.45, 2.75) is 6.92 Å². The number of anilines is 1. The lowest BCUT2D eigenvalue weighted by molar-refractivity contribution is 0.102. The van der Waals surface area contributed by atoms with Gasteiger partial charge in [0.05, 0.1) is 5.56 Å². The van der Waals surface area contributed by atoms with E-state index in [0.717, 1.165) is 5.69 Å². The maximum Gasteiger partial charge on any atom is 0.259 e. The fourth-order valence-corrected chi connectivity index (χ4v) is 1.05. The minimum Gasteiger partial charge on any atom is -0.291 e. The monoisotopic (exact) mass is 203 g/mol. The maximum atomic E-state index is 11.6. The number of amides is 1. The Kier molecular flexibility index (Phi) is 2.40. The van der Waals surface area contributed by atoms with Gasteiger partial charge >= 0.3 is 0 Å². The first-order valence-electron chi connectivity index (χ1n) is 4.35. The summed E-state index contributed by atoms with van der Waals surface area (Å²) in [6.07, 6.45) is 2.84. The van der Waals surface area contributed by atoms with Crippen LogP contribution >= 0.6 is 0 Å². The van der Waals surface area contributed by atoms with Crippen LogP contribution in [0.1, 0.15) is 16.1 Å². The minimum absolute atomic E-state index is 0.265. The van der Waals surface area contributed by atoms with Gasteiger partial charge in [0.25, 0.3) is 5.91 Å². The molecule has 6 heteroatoms. The van der Waals surface area contributed by atoms with Crippen LogP contribution in [0.15, 0.2) is 24.7 Å². The molecular weight excluding hydrogens is 194 g/mol. The number of aromatic amines is 1. The number of nitrogens with one attached hydrogen (secondary N) is 2. The summed E-state index contributed by atoms with van der Waals surface area (Å²) in [5, 5.41) is 8.70. The molecule has 76 valence electrons. The van der Waals surface area contributed by atoms with Gasteiger partial charge in [-0.3, -0.25) is 15.1 Å². The van der Waals surface area contributed by atoms with E-state index in [0.29, 0.717) is 11.5 Å². The molecule has 0 fully saturated rings. The largest absolute Gasteiger partial charge is 0.291 e. The predicted octanol–water partition coefficient (Wildman–Crippen LogP) is 0.760. The average Bonchev–Trinajstić information content (AvgIpc) is 2.71. The van der Waals surface area contributed by atoms with E-state index in [4.69, 9.17) is 0 Å². The molecule has 0 radical (unpaired) electrons. The number of carbonyl (C=O) groups is 1. The Balaban J connectivity index is 2.11. The van der Waals surface area contributed by atoms with Crippen LogP contribution < -0.4 is 5.32 Å². The van der Waals surface area contributed by atoms with Crippen molar-refractivity contribution in [1.29, 1.82) is 0 Å². The molecule has 0 saturated carbocycles. The summed E-state index contributed by atoms with van der Waals surface area (Å²) in [7, 11) is 0. The van der Waals surface area contributed by atoms with Gasteiger partial charge in [0.2, 0.25) is 5.95 Å². The Labute approximate surface area is 85.8 Å². The third-order valence-corrected chi connectivity index (χ3v) is 1.82. The van der Waals surface area contributed by atoms with E-state index in [2.05, 4.69) is 25.5 Å². The Bertz CT molecular complexity index is 448. The third-order valence-electron chi connectivity index (χ3n) is 1.82. The number of hydrogen-bond donors (Lipinski definition) is 2. The summed E-state index contributed by atoms with van der Waals surface area (Å²) >= 11 is 0. The Morgan fingerprint density at radius 2 is 2.27 bits per heavy atom. The van der Waals surface area contributed by atoms with Gasteiger partial charge in [-0.2, -0.15) is 10.1 Å². The molecule has 2 aromatic rings. The molecule has 0 atom stereocenters. The molecular formula is C9H9N5O. The first-order chi connectivity index (χ1) is 7.25. The summed E-state index contributed by atoms with van der Waals surface area (Å²) in [5.74, 6) is 0.0554. The van der Waals surface area contributed by atoms with Crippen molar-refractivity contribution in [2.24, 2.45) is 0 Å². The van der Waals surface area contributed by atoms with Crippen LogP contribution in [0.3, 0.4) is 0 Å². The van der Waals surface area contributed by atoms with Crippen molar-refractivity contribution in [3.8, 4) is 0 Å². The topological polar surface area (TPSA) is 83.6 Å². The normalized spacial score (nSPS) is 9.93. The number of nitrogens with zero attached hydrogens (tertiary/aromatic N) is 3. The SMILES string of the molecule is Cc1ccc(C(=O)Nc2ncn[nH]2)cn1. The molecule has 0 unspecified atom stereocenters. The van der Waals surface area contributed by atoms with Gasteiger partial charge in [0, 0.05) is 11.9 Å². The van der Waals surface area contributed by atoms with Crippen molar-refractivity contribution in [1.82, 2.24) is 20.2 Å². The first kappa shape index (κ1) is 9.32. The molecule has 2 rings (SSSR count). The Morgan fingerprint density at radius 1 is 1.40 bits per heavy atom. The molecule has 0 aromatic carbocycles. The van der Waals surface area contributed by atoms with Crippen LogP contribution in [0.2, 0.25) is 0 Å². The lowest BCUT2D eigenvalue weighted by Gasteiger charge is -2.00. The van der Waals surface area contributed by atoms with E-state index >= 15 is 0 Å². The highest BCUT2D eigenvalue weighted by Crippen LogP contribution is 2.02. The van der Waals surface area contributed by atoms with Crippen molar-refractivity contribution in [3.63, 3.8) is 0 Å². The lowest BCUT2D eigenvalue weighted by Crippen LogP contribution is -2.13. The van der Waals surface area contributed by atoms with Crippen molar-refractivity contribution in [3.05, 3.63) is 35.9 Å². The summed E-state index contributed by atoms with van der Waals surface area (Å²) in [5.41, 5.74) is 1.35. The molecule has 1 amide bonds. The van der Waals surface area contributed by atoms with Crippen LogP contribution in [-0.2, 0) is 0 Å². The van der Waals surface area contributed by atoms with Crippen molar-refractivity contribution in [2.75, 3.05) is 5.32 Å². The van der Waals surface area contributed by atoms with E-state index < -0.39 is 0 Å². The zero-order chi connectivity index (χ0) is 10.7. The Hall–Kier alpha value is -2.24. The number of rotatable bonds is 2. The van der Waals surface area contributed by atoms with Crippen LogP contribution in [0.4, 0.5) is 5.95 Å². The molecule has 0 bridgehead atoms. The highest BCUT2D eigenvalue weighted by Gasteiger charge is 2.06. The summed E-state index contributed by atoms with van der Waals surface area (Å²) in [4.78, 5) is 19.4. The van der Waals surface area contributed by atoms with Crippen LogP contribution in [0, 0.1) is 6.92 Å². The number of aryl methyl sites for hydroxylation is 1. The highest BCUT2D eigenvalue weighted by molar-refractivity contribution is 6.03. The molecule has 0 aliphatic carbocycles. The van der Waals surface area contributed by atoms with Gasteiger partial charge in [-0.25, -0.2) is 5.10 Å². The number of H-pyrrole nitrogens is 1. The van der Waals surface area contributed by atoms with E-state index in [9.17, 15) is 4.79 Å². The van der Waals surface area contributed by atoms with Gasteiger partial charge in [0.1, 0.15) is 6.33 Å². The predicted molar refractivity (Wildman–Crippen MR) is 53.3 cm³/mol. The molecule has 0 aliphatic rings. The molecule has 2 aromatic heterocycles. The minimum atomic E-state index is -0.265. The van der Waals surface area contributed by atoms with Crippen molar-refractivity contribution >= 4 is 11.9 Å². The average molecular weight is 203 g/mol. The van der Waals surface area contributed by atoms with Gasteiger partial charge in [-0.1, -0.05) is 0 Å². The van der Waals surface area contributed by atoms with Crippen LogP contribution in [0.5, 0.6) is 0 Å². The highest BCUT2D eigenvalue weighted by atomic mass is 16.1. The van der Waals surface area contributed by atoms with Gasteiger partial charge in [-0.15, -0.1) is 0 Å².